The van der Waals surface area contributed by atoms with Crippen molar-refractivity contribution in [2.45, 2.75) is 6.18 Å². The number of amides is 1. The number of alkyl halides is 3. The Kier molecular flexibility index (Phi) is 7.82. The van der Waals surface area contributed by atoms with Crippen molar-refractivity contribution in [3.63, 3.8) is 0 Å². The first kappa shape index (κ1) is 23.2. The Labute approximate surface area is 183 Å². The van der Waals surface area contributed by atoms with E-state index < -0.39 is 23.6 Å². The zero-order valence-corrected chi connectivity index (χ0v) is 17.6. The molecule has 0 bridgehead atoms. The van der Waals surface area contributed by atoms with Crippen LogP contribution < -0.4 is 10.1 Å². The van der Waals surface area contributed by atoms with Crippen LogP contribution in [0.5, 0.6) is 5.75 Å². The van der Waals surface area contributed by atoms with Crippen LogP contribution >= 0.6 is 22.6 Å². The number of carbonyl (C=O) groups excluding carboxylic acids is 2. The van der Waals surface area contributed by atoms with Gasteiger partial charge in [-0.3, -0.25) is 4.79 Å². The normalized spacial score (nSPS) is 11.4. The third-order valence-electron chi connectivity index (χ3n) is 3.65. The molecular formula is C20H14F3IN2O4. The maximum absolute atomic E-state index is 12.8. The van der Waals surface area contributed by atoms with Gasteiger partial charge in [0.05, 0.1) is 16.2 Å². The molecule has 6 nitrogen and oxygen atoms in total. The molecule has 0 saturated carbocycles. The standard InChI is InChI=1S/C20H14F3IN2O4/c1-29-18(27)11-30-17-6-5-12(8-16(17)24)7-13(10-25)19(28)26-15-4-2-3-14(9-15)20(21,22)23/h2-9H,11H2,1H3,(H,26,28)/b13-7-. The van der Waals surface area contributed by atoms with E-state index in [1.54, 1.807) is 24.3 Å². The first-order valence-corrected chi connectivity index (χ1v) is 9.31. The maximum Gasteiger partial charge on any atom is 0.416 e. The fourth-order valence-electron chi connectivity index (χ4n) is 2.21. The number of carbonyl (C=O) groups is 2. The van der Waals surface area contributed by atoms with E-state index >= 15 is 0 Å². The number of benzene rings is 2. The van der Waals surface area contributed by atoms with E-state index in [1.165, 1.54) is 19.3 Å². The number of methoxy groups -OCH3 is 1. The second-order valence-electron chi connectivity index (χ2n) is 5.76. The molecule has 0 radical (unpaired) electrons. The van der Waals surface area contributed by atoms with E-state index in [0.29, 0.717) is 14.9 Å². The minimum atomic E-state index is -4.55. The Morgan fingerprint density at radius 3 is 2.57 bits per heavy atom. The number of nitrogens with one attached hydrogen (secondary N) is 1. The molecule has 2 rings (SSSR count). The van der Waals surface area contributed by atoms with Crippen LogP contribution in [0.1, 0.15) is 11.1 Å². The summed E-state index contributed by atoms with van der Waals surface area (Å²) in [6.07, 6.45) is -3.27. The maximum atomic E-state index is 12.8. The second kappa shape index (κ2) is 10.1. The minimum absolute atomic E-state index is 0.0860. The Morgan fingerprint density at radius 2 is 1.97 bits per heavy atom. The molecule has 0 saturated heterocycles. The lowest BCUT2D eigenvalue weighted by atomic mass is 10.1. The summed E-state index contributed by atoms with van der Waals surface area (Å²) in [5.41, 5.74) is -0.816. The smallest absolute Gasteiger partial charge is 0.416 e. The number of esters is 1. The van der Waals surface area contributed by atoms with Gasteiger partial charge in [0.2, 0.25) is 0 Å². The lowest BCUT2D eigenvalue weighted by Gasteiger charge is -2.10. The second-order valence-corrected chi connectivity index (χ2v) is 6.92. The van der Waals surface area contributed by atoms with Crippen molar-refractivity contribution < 1.29 is 32.2 Å². The van der Waals surface area contributed by atoms with Crippen LogP contribution in [0.2, 0.25) is 0 Å². The molecule has 0 atom stereocenters. The van der Waals surface area contributed by atoms with Crippen molar-refractivity contribution in [1.82, 2.24) is 0 Å². The highest BCUT2D eigenvalue weighted by atomic mass is 127. The van der Waals surface area contributed by atoms with E-state index in [0.717, 1.165) is 18.2 Å². The molecule has 0 fully saturated rings. The van der Waals surface area contributed by atoms with Crippen molar-refractivity contribution in [1.29, 1.82) is 5.26 Å². The summed E-state index contributed by atoms with van der Waals surface area (Å²) in [6.45, 7) is -0.273. The quantitative estimate of drug-likeness (QED) is 0.259. The van der Waals surface area contributed by atoms with Gasteiger partial charge in [-0.15, -0.1) is 0 Å². The fourth-order valence-corrected chi connectivity index (χ4v) is 2.90. The SMILES string of the molecule is COC(=O)COc1ccc(/C=C(/C#N)C(=O)Nc2cccc(C(F)(F)F)c2)cc1I. The van der Waals surface area contributed by atoms with E-state index in [2.05, 4.69) is 10.1 Å². The summed E-state index contributed by atoms with van der Waals surface area (Å²) in [4.78, 5) is 23.5. The van der Waals surface area contributed by atoms with Crippen LogP contribution in [-0.4, -0.2) is 25.6 Å². The molecular weight excluding hydrogens is 516 g/mol. The van der Waals surface area contributed by atoms with Crippen LogP contribution in [0, 0.1) is 14.9 Å². The molecule has 2 aromatic rings. The summed E-state index contributed by atoms with van der Waals surface area (Å²) in [7, 11) is 1.23. The summed E-state index contributed by atoms with van der Waals surface area (Å²) < 4.78 is 48.8. The molecule has 0 aliphatic rings. The van der Waals surface area contributed by atoms with Crippen molar-refractivity contribution in [3.8, 4) is 11.8 Å². The summed E-state index contributed by atoms with van der Waals surface area (Å²) in [5, 5.41) is 11.6. The number of nitriles is 1. The largest absolute Gasteiger partial charge is 0.481 e. The first-order chi connectivity index (χ1) is 14.1. The Hall–Kier alpha value is -3.07. The molecule has 1 N–H and O–H groups in total. The Balaban J connectivity index is 2.17. The van der Waals surface area contributed by atoms with E-state index in [1.807, 2.05) is 22.6 Å². The van der Waals surface area contributed by atoms with Gasteiger partial charge in [0.25, 0.3) is 5.91 Å². The van der Waals surface area contributed by atoms with Crippen LogP contribution in [0.25, 0.3) is 6.08 Å². The van der Waals surface area contributed by atoms with Gasteiger partial charge >= 0.3 is 12.1 Å². The third kappa shape index (κ3) is 6.48. The highest BCUT2D eigenvalue weighted by Gasteiger charge is 2.30. The lowest BCUT2D eigenvalue weighted by molar-refractivity contribution is -0.143. The van der Waals surface area contributed by atoms with Crippen molar-refractivity contribution >= 4 is 46.2 Å². The van der Waals surface area contributed by atoms with Gasteiger partial charge < -0.3 is 14.8 Å². The number of rotatable bonds is 6. The van der Waals surface area contributed by atoms with Gasteiger partial charge in [-0.1, -0.05) is 12.1 Å². The summed E-state index contributed by atoms with van der Waals surface area (Å²) in [5.74, 6) is -0.990. The average molecular weight is 530 g/mol. The zero-order valence-electron chi connectivity index (χ0n) is 15.4. The lowest BCUT2D eigenvalue weighted by Crippen LogP contribution is -2.14. The Bertz CT molecular complexity index is 1030. The highest BCUT2D eigenvalue weighted by molar-refractivity contribution is 14.1. The number of ether oxygens (including phenoxy) is 2. The van der Waals surface area contributed by atoms with E-state index in [-0.39, 0.29) is 17.9 Å². The van der Waals surface area contributed by atoms with Crippen molar-refractivity contribution in [3.05, 3.63) is 62.7 Å². The number of hydrogen-bond acceptors (Lipinski definition) is 5. The molecule has 0 spiro atoms. The van der Waals surface area contributed by atoms with Crippen LogP contribution in [0.4, 0.5) is 18.9 Å². The molecule has 2 aromatic carbocycles. The zero-order chi connectivity index (χ0) is 22.3. The molecule has 0 aliphatic heterocycles. The predicted octanol–water partition coefficient (Wildman–Crippen LogP) is 4.41. The molecule has 0 aliphatic carbocycles. The van der Waals surface area contributed by atoms with Gasteiger partial charge in [0.15, 0.2) is 6.61 Å². The topological polar surface area (TPSA) is 88.4 Å². The number of anilines is 1. The van der Waals surface area contributed by atoms with Gasteiger partial charge in [0.1, 0.15) is 17.4 Å². The van der Waals surface area contributed by atoms with Crippen molar-refractivity contribution in [2.24, 2.45) is 0 Å². The molecule has 1 amide bonds. The number of nitrogens with zero attached hydrogens (tertiary/aromatic N) is 1. The third-order valence-corrected chi connectivity index (χ3v) is 4.50. The van der Waals surface area contributed by atoms with Crippen LogP contribution in [0.15, 0.2) is 48.0 Å². The first-order valence-electron chi connectivity index (χ1n) is 8.23. The molecule has 0 aromatic heterocycles. The molecule has 30 heavy (non-hydrogen) atoms. The molecule has 0 heterocycles. The van der Waals surface area contributed by atoms with Gasteiger partial charge in [-0.05, 0) is 64.6 Å². The van der Waals surface area contributed by atoms with Gasteiger partial charge in [-0.2, -0.15) is 18.4 Å². The highest BCUT2D eigenvalue weighted by Crippen LogP contribution is 2.30. The monoisotopic (exact) mass is 530 g/mol. The van der Waals surface area contributed by atoms with Crippen molar-refractivity contribution in [2.75, 3.05) is 19.0 Å². The van der Waals surface area contributed by atoms with Crippen LogP contribution in [0.3, 0.4) is 0 Å². The molecule has 0 unspecified atom stereocenters. The average Bonchev–Trinajstić information content (AvgIpc) is 2.70. The van der Waals surface area contributed by atoms with Crippen LogP contribution in [-0.2, 0) is 20.5 Å². The minimum Gasteiger partial charge on any atom is -0.481 e. The van der Waals surface area contributed by atoms with Gasteiger partial charge in [0, 0.05) is 5.69 Å². The van der Waals surface area contributed by atoms with E-state index in [4.69, 9.17) is 4.74 Å². The summed E-state index contributed by atoms with van der Waals surface area (Å²) >= 11 is 1.95. The Morgan fingerprint density at radius 1 is 1.23 bits per heavy atom. The molecule has 10 heteroatoms. The molecule has 156 valence electrons. The number of hydrogen-bond donors (Lipinski definition) is 1. The fraction of sp³-hybridized carbons (Fsp3) is 0.150. The van der Waals surface area contributed by atoms with Gasteiger partial charge in [-0.25, -0.2) is 4.79 Å². The van der Waals surface area contributed by atoms with E-state index in [9.17, 15) is 28.0 Å². The predicted molar refractivity (Wildman–Crippen MR) is 110 cm³/mol. The summed E-state index contributed by atoms with van der Waals surface area (Å²) in [6, 6.07) is 10.6. The number of halogens is 4.